The standard InChI is InChI=1S/C23H36N2O2/c1-22(2,3)18-14-16(15-19(20(18)26)23(4,5)6)13-17-9-10-25(21(17)27)12-11-24(7)8/h13-15,26H,9-12H2,1-8H3/b17-13+. The van der Waals surface area contributed by atoms with Gasteiger partial charge in [-0.1, -0.05) is 41.5 Å². The Morgan fingerprint density at radius 1 is 1.07 bits per heavy atom. The third-order valence-electron chi connectivity index (χ3n) is 5.12. The Morgan fingerprint density at radius 3 is 2.04 bits per heavy atom. The number of phenols is 1. The summed E-state index contributed by atoms with van der Waals surface area (Å²) in [6, 6.07) is 4.07. The molecule has 0 radical (unpaired) electrons. The highest BCUT2D eigenvalue weighted by atomic mass is 16.3. The lowest BCUT2D eigenvalue weighted by Gasteiger charge is -2.28. The molecule has 1 saturated heterocycles. The lowest BCUT2D eigenvalue weighted by Crippen LogP contribution is -2.32. The summed E-state index contributed by atoms with van der Waals surface area (Å²) in [5, 5.41) is 10.9. The largest absolute Gasteiger partial charge is 0.507 e. The molecule has 27 heavy (non-hydrogen) atoms. The van der Waals surface area contributed by atoms with Crippen LogP contribution in [0.5, 0.6) is 5.75 Å². The quantitative estimate of drug-likeness (QED) is 0.807. The molecule has 0 bridgehead atoms. The average Bonchev–Trinajstić information content (AvgIpc) is 2.85. The predicted molar refractivity (Wildman–Crippen MR) is 113 cm³/mol. The van der Waals surface area contributed by atoms with Gasteiger partial charge in [0.1, 0.15) is 5.75 Å². The number of rotatable bonds is 4. The van der Waals surface area contributed by atoms with E-state index in [1.807, 2.05) is 37.2 Å². The SMILES string of the molecule is CN(C)CCN1CC/C(=C\c2cc(C(C)(C)C)c(O)c(C(C)(C)C)c2)C1=O. The van der Waals surface area contributed by atoms with Gasteiger partial charge in [-0.2, -0.15) is 0 Å². The number of hydrogen-bond donors (Lipinski definition) is 1. The van der Waals surface area contributed by atoms with Crippen LogP contribution in [-0.2, 0) is 15.6 Å². The van der Waals surface area contributed by atoms with E-state index >= 15 is 0 Å². The number of likely N-dealkylation sites (N-methyl/N-ethyl adjacent to an activating group) is 1. The summed E-state index contributed by atoms with van der Waals surface area (Å²) in [5.74, 6) is 0.516. The first-order valence-electron chi connectivity index (χ1n) is 9.83. The molecule has 0 atom stereocenters. The van der Waals surface area contributed by atoms with E-state index in [1.165, 1.54) is 0 Å². The second-order valence-electron chi connectivity index (χ2n) is 9.98. The van der Waals surface area contributed by atoms with Crippen LogP contribution in [0.4, 0.5) is 0 Å². The Kier molecular flexibility index (Phi) is 6.10. The third kappa shape index (κ3) is 5.13. The number of benzene rings is 1. The van der Waals surface area contributed by atoms with Gasteiger partial charge in [0.2, 0.25) is 5.91 Å². The molecule has 0 spiro atoms. The van der Waals surface area contributed by atoms with Crippen LogP contribution in [0.3, 0.4) is 0 Å². The number of carbonyl (C=O) groups is 1. The van der Waals surface area contributed by atoms with Crippen molar-refractivity contribution >= 4 is 12.0 Å². The molecule has 1 N–H and O–H groups in total. The molecule has 1 aromatic rings. The lowest BCUT2D eigenvalue weighted by atomic mass is 9.78. The molecule has 1 aromatic carbocycles. The van der Waals surface area contributed by atoms with Crippen LogP contribution in [0.1, 0.15) is 64.7 Å². The monoisotopic (exact) mass is 372 g/mol. The van der Waals surface area contributed by atoms with Gasteiger partial charge in [-0.15, -0.1) is 0 Å². The fourth-order valence-electron chi connectivity index (χ4n) is 3.42. The summed E-state index contributed by atoms with van der Waals surface area (Å²) in [5.41, 5.74) is 3.37. The summed E-state index contributed by atoms with van der Waals surface area (Å²) in [4.78, 5) is 16.8. The normalized spacial score (nSPS) is 17.4. The number of likely N-dealkylation sites (tertiary alicyclic amines) is 1. The molecule has 150 valence electrons. The summed E-state index contributed by atoms with van der Waals surface area (Å²) < 4.78 is 0. The summed E-state index contributed by atoms with van der Waals surface area (Å²) in [6.45, 7) is 15.1. The van der Waals surface area contributed by atoms with Crippen molar-refractivity contribution in [3.05, 3.63) is 34.4 Å². The average molecular weight is 373 g/mol. The van der Waals surface area contributed by atoms with Crippen molar-refractivity contribution in [3.8, 4) is 5.75 Å². The Balaban J connectivity index is 2.41. The highest BCUT2D eigenvalue weighted by molar-refractivity contribution is 6.00. The number of hydrogen-bond acceptors (Lipinski definition) is 3. The van der Waals surface area contributed by atoms with Crippen LogP contribution >= 0.6 is 0 Å². The molecule has 0 unspecified atom stereocenters. The Morgan fingerprint density at radius 2 is 1.59 bits per heavy atom. The van der Waals surface area contributed by atoms with Crippen LogP contribution < -0.4 is 0 Å². The molecule has 1 aliphatic heterocycles. The van der Waals surface area contributed by atoms with Crippen LogP contribution in [0, 0.1) is 0 Å². The van der Waals surface area contributed by atoms with E-state index in [9.17, 15) is 9.90 Å². The van der Waals surface area contributed by atoms with E-state index in [1.54, 1.807) is 0 Å². The fraction of sp³-hybridized carbons (Fsp3) is 0.609. The van der Waals surface area contributed by atoms with Crippen molar-refractivity contribution in [2.45, 2.75) is 58.8 Å². The molecule has 0 aliphatic carbocycles. The third-order valence-corrected chi connectivity index (χ3v) is 5.12. The second kappa shape index (κ2) is 7.67. The van der Waals surface area contributed by atoms with Crippen molar-refractivity contribution in [2.24, 2.45) is 0 Å². The Hall–Kier alpha value is -1.81. The zero-order valence-electron chi connectivity index (χ0n) is 18.3. The molecule has 1 aliphatic rings. The van der Waals surface area contributed by atoms with Gasteiger partial charge < -0.3 is 14.9 Å². The Bertz CT molecular complexity index is 699. The van der Waals surface area contributed by atoms with Crippen molar-refractivity contribution in [1.82, 2.24) is 9.80 Å². The number of phenolic OH excluding ortho intramolecular Hbond substituents is 1. The van der Waals surface area contributed by atoms with Gasteiger partial charge in [0.15, 0.2) is 0 Å². The van der Waals surface area contributed by atoms with Crippen molar-refractivity contribution in [2.75, 3.05) is 33.7 Å². The molecular formula is C23H36N2O2. The van der Waals surface area contributed by atoms with Crippen LogP contribution in [0.25, 0.3) is 6.08 Å². The minimum absolute atomic E-state index is 0.138. The topological polar surface area (TPSA) is 43.8 Å². The minimum atomic E-state index is -0.171. The van der Waals surface area contributed by atoms with Gasteiger partial charge in [0.25, 0.3) is 0 Å². The molecule has 1 heterocycles. The number of aromatic hydroxyl groups is 1. The smallest absolute Gasteiger partial charge is 0.249 e. The molecule has 2 rings (SSSR count). The second-order valence-corrected chi connectivity index (χ2v) is 9.98. The van der Waals surface area contributed by atoms with Crippen molar-refractivity contribution in [3.63, 3.8) is 0 Å². The summed E-state index contributed by atoms with van der Waals surface area (Å²) >= 11 is 0. The predicted octanol–water partition coefficient (Wildman–Crippen LogP) is 4.16. The van der Waals surface area contributed by atoms with Crippen LogP contribution in [0.2, 0.25) is 0 Å². The van der Waals surface area contributed by atoms with Crippen LogP contribution in [0.15, 0.2) is 17.7 Å². The first-order chi connectivity index (χ1) is 12.3. The van der Waals surface area contributed by atoms with Gasteiger partial charge in [-0.25, -0.2) is 0 Å². The van der Waals surface area contributed by atoms with Gasteiger partial charge in [-0.3, -0.25) is 4.79 Å². The highest BCUT2D eigenvalue weighted by Gasteiger charge is 2.28. The van der Waals surface area contributed by atoms with Crippen LogP contribution in [-0.4, -0.2) is 54.5 Å². The zero-order chi connectivity index (χ0) is 20.6. The first-order valence-corrected chi connectivity index (χ1v) is 9.83. The van der Waals surface area contributed by atoms with Gasteiger partial charge in [0, 0.05) is 36.3 Å². The molecule has 1 fully saturated rings. The van der Waals surface area contributed by atoms with Gasteiger partial charge >= 0.3 is 0 Å². The molecule has 1 amide bonds. The molecule has 0 saturated carbocycles. The first kappa shape index (κ1) is 21.5. The maximum Gasteiger partial charge on any atom is 0.249 e. The summed E-state index contributed by atoms with van der Waals surface area (Å²) in [7, 11) is 4.05. The maximum atomic E-state index is 12.7. The van der Waals surface area contributed by atoms with E-state index < -0.39 is 0 Å². The lowest BCUT2D eigenvalue weighted by molar-refractivity contribution is -0.124. The zero-order valence-corrected chi connectivity index (χ0v) is 18.3. The van der Waals surface area contributed by atoms with Gasteiger partial charge in [0.05, 0.1) is 0 Å². The molecule has 4 nitrogen and oxygen atoms in total. The van der Waals surface area contributed by atoms with E-state index in [0.717, 1.165) is 48.3 Å². The number of amides is 1. The van der Waals surface area contributed by atoms with E-state index in [-0.39, 0.29) is 16.7 Å². The van der Waals surface area contributed by atoms with E-state index in [2.05, 4.69) is 46.4 Å². The van der Waals surface area contributed by atoms with Crippen molar-refractivity contribution in [1.29, 1.82) is 0 Å². The number of carbonyl (C=O) groups excluding carboxylic acids is 1. The van der Waals surface area contributed by atoms with Crippen molar-refractivity contribution < 1.29 is 9.90 Å². The fourth-order valence-corrected chi connectivity index (χ4v) is 3.42. The summed E-state index contributed by atoms with van der Waals surface area (Å²) in [6.07, 6.45) is 2.80. The Labute approximate surface area is 164 Å². The molecule has 0 aromatic heterocycles. The number of nitrogens with zero attached hydrogens (tertiary/aromatic N) is 2. The molecule has 4 heteroatoms. The highest BCUT2D eigenvalue weighted by Crippen LogP contribution is 2.40. The minimum Gasteiger partial charge on any atom is -0.507 e. The maximum absolute atomic E-state index is 12.7. The van der Waals surface area contributed by atoms with E-state index in [0.29, 0.717) is 5.75 Å². The van der Waals surface area contributed by atoms with Gasteiger partial charge in [-0.05, 0) is 55.1 Å². The molecular weight excluding hydrogens is 336 g/mol. The van der Waals surface area contributed by atoms with E-state index in [4.69, 9.17) is 0 Å².